The first-order valence-corrected chi connectivity index (χ1v) is 6.87. The molecule has 0 spiro atoms. The Hall–Kier alpha value is -1.55. The highest BCUT2D eigenvalue weighted by molar-refractivity contribution is 5.89. The minimum atomic E-state index is -0.283. The lowest BCUT2D eigenvalue weighted by Crippen LogP contribution is -2.42. The van der Waals surface area contributed by atoms with E-state index in [9.17, 15) is 4.79 Å². The molecule has 0 radical (unpaired) electrons. The summed E-state index contributed by atoms with van der Waals surface area (Å²) in [6.07, 6.45) is 2.40. The van der Waals surface area contributed by atoms with E-state index in [-0.39, 0.29) is 5.97 Å². The van der Waals surface area contributed by atoms with Crippen LogP contribution < -0.4 is 10.2 Å². The van der Waals surface area contributed by atoms with E-state index in [4.69, 9.17) is 4.74 Å². The molecule has 1 saturated heterocycles. The quantitative estimate of drug-likeness (QED) is 0.828. The Morgan fingerprint density at radius 2 is 2.05 bits per heavy atom. The average Bonchev–Trinajstić information content (AvgIpc) is 2.42. The molecule has 104 valence electrons. The van der Waals surface area contributed by atoms with Gasteiger partial charge in [-0.3, -0.25) is 0 Å². The van der Waals surface area contributed by atoms with Crippen LogP contribution >= 0.6 is 0 Å². The van der Waals surface area contributed by atoms with Gasteiger partial charge in [-0.1, -0.05) is 0 Å². The molecule has 4 heteroatoms. The van der Waals surface area contributed by atoms with E-state index in [1.807, 2.05) is 24.3 Å². The number of carbonyl (C=O) groups excluding carboxylic acids is 1. The van der Waals surface area contributed by atoms with Gasteiger partial charge in [-0.2, -0.15) is 0 Å². The van der Waals surface area contributed by atoms with Gasteiger partial charge in [0.15, 0.2) is 0 Å². The smallest absolute Gasteiger partial charge is 0.337 e. The number of rotatable bonds is 2. The first-order valence-electron chi connectivity index (χ1n) is 6.87. The van der Waals surface area contributed by atoms with Crippen molar-refractivity contribution in [3.63, 3.8) is 0 Å². The van der Waals surface area contributed by atoms with Crippen molar-refractivity contribution in [1.29, 1.82) is 0 Å². The molecule has 1 atom stereocenters. The van der Waals surface area contributed by atoms with E-state index in [0.29, 0.717) is 11.6 Å². The Morgan fingerprint density at radius 3 is 2.74 bits per heavy atom. The molecular formula is C15H22N2O2. The van der Waals surface area contributed by atoms with Crippen molar-refractivity contribution in [2.45, 2.75) is 25.8 Å². The number of benzene rings is 1. The molecule has 0 bridgehead atoms. The summed E-state index contributed by atoms with van der Waals surface area (Å²) in [6.45, 7) is 5.39. The van der Waals surface area contributed by atoms with Gasteiger partial charge in [-0.05, 0) is 50.6 Å². The lowest BCUT2D eigenvalue weighted by molar-refractivity contribution is 0.0601. The van der Waals surface area contributed by atoms with Gasteiger partial charge >= 0.3 is 5.97 Å². The molecule has 1 aromatic rings. The largest absolute Gasteiger partial charge is 0.465 e. The Balaban J connectivity index is 2.08. The molecule has 0 amide bonds. The molecule has 19 heavy (non-hydrogen) atoms. The summed E-state index contributed by atoms with van der Waals surface area (Å²) < 4.78 is 4.71. The van der Waals surface area contributed by atoms with Crippen LogP contribution in [0.5, 0.6) is 0 Å². The number of methoxy groups -OCH3 is 1. The molecule has 2 rings (SSSR count). The van der Waals surface area contributed by atoms with Gasteiger partial charge in [0.1, 0.15) is 0 Å². The second-order valence-corrected chi connectivity index (χ2v) is 5.05. The maximum Gasteiger partial charge on any atom is 0.337 e. The van der Waals surface area contributed by atoms with Gasteiger partial charge in [0.2, 0.25) is 0 Å². The number of nitrogens with zero attached hydrogens (tertiary/aromatic N) is 1. The van der Waals surface area contributed by atoms with E-state index < -0.39 is 0 Å². The van der Waals surface area contributed by atoms with Gasteiger partial charge in [-0.15, -0.1) is 0 Å². The van der Waals surface area contributed by atoms with Crippen LogP contribution in [0.25, 0.3) is 0 Å². The third-order valence-electron chi connectivity index (χ3n) is 3.50. The van der Waals surface area contributed by atoms with E-state index in [1.54, 1.807) is 0 Å². The molecular weight excluding hydrogens is 240 g/mol. The zero-order valence-corrected chi connectivity index (χ0v) is 11.7. The molecule has 1 heterocycles. The Labute approximate surface area is 114 Å². The maximum absolute atomic E-state index is 11.4. The number of carbonyl (C=O) groups is 1. The zero-order chi connectivity index (χ0) is 13.7. The predicted molar refractivity (Wildman–Crippen MR) is 76.7 cm³/mol. The SMILES string of the molecule is COC(=O)c1ccc(N2CCCCNC(C)C2)cc1. The molecule has 1 aliphatic rings. The average molecular weight is 262 g/mol. The monoisotopic (exact) mass is 262 g/mol. The van der Waals surface area contributed by atoms with E-state index in [0.717, 1.165) is 19.6 Å². The molecule has 4 nitrogen and oxygen atoms in total. The summed E-state index contributed by atoms with van der Waals surface area (Å²) in [5, 5.41) is 3.51. The third kappa shape index (κ3) is 3.70. The minimum absolute atomic E-state index is 0.283. The first kappa shape index (κ1) is 13.9. The Morgan fingerprint density at radius 1 is 1.32 bits per heavy atom. The van der Waals surface area contributed by atoms with Crippen LogP contribution in [-0.2, 0) is 4.74 Å². The first-order chi connectivity index (χ1) is 9.20. The molecule has 0 aliphatic carbocycles. The number of hydrogen-bond acceptors (Lipinski definition) is 4. The Bertz CT molecular complexity index is 417. The van der Waals surface area contributed by atoms with Crippen molar-refractivity contribution in [2.75, 3.05) is 31.6 Å². The van der Waals surface area contributed by atoms with Crippen LogP contribution in [0.15, 0.2) is 24.3 Å². The van der Waals surface area contributed by atoms with E-state index in [2.05, 4.69) is 17.1 Å². The summed E-state index contributed by atoms with van der Waals surface area (Å²) in [5.41, 5.74) is 1.77. The summed E-state index contributed by atoms with van der Waals surface area (Å²) in [4.78, 5) is 13.8. The predicted octanol–water partition coefficient (Wildman–Crippen LogP) is 2.05. The van der Waals surface area contributed by atoms with Gasteiger partial charge < -0.3 is 15.0 Å². The van der Waals surface area contributed by atoms with Crippen LogP contribution in [-0.4, -0.2) is 38.8 Å². The second kappa shape index (κ2) is 6.57. The van der Waals surface area contributed by atoms with Crippen molar-refractivity contribution in [1.82, 2.24) is 5.32 Å². The van der Waals surface area contributed by atoms with Crippen molar-refractivity contribution < 1.29 is 9.53 Å². The fraction of sp³-hybridized carbons (Fsp3) is 0.533. The van der Waals surface area contributed by atoms with Crippen molar-refractivity contribution in [3.8, 4) is 0 Å². The van der Waals surface area contributed by atoms with Crippen molar-refractivity contribution in [2.24, 2.45) is 0 Å². The van der Waals surface area contributed by atoms with Gasteiger partial charge in [0.05, 0.1) is 12.7 Å². The summed E-state index contributed by atoms with van der Waals surface area (Å²) in [7, 11) is 1.40. The lowest BCUT2D eigenvalue weighted by Gasteiger charge is -2.31. The summed E-state index contributed by atoms with van der Waals surface area (Å²) in [6, 6.07) is 8.15. The van der Waals surface area contributed by atoms with Gasteiger partial charge in [-0.25, -0.2) is 4.79 Å². The highest BCUT2D eigenvalue weighted by Crippen LogP contribution is 2.18. The number of esters is 1. The maximum atomic E-state index is 11.4. The van der Waals surface area contributed by atoms with Crippen molar-refractivity contribution >= 4 is 11.7 Å². The molecule has 1 unspecified atom stereocenters. The number of hydrogen-bond donors (Lipinski definition) is 1. The molecule has 0 aromatic heterocycles. The fourth-order valence-corrected chi connectivity index (χ4v) is 2.42. The molecule has 1 fully saturated rings. The second-order valence-electron chi connectivity index (χ2n) is 5.05. The molecule has 1 aromatic carbocycles. The number of nitrogens with one attached hydrogen (secondary N) is 1. The minimum Gasteiger partial charge on any atom is -0.465 e. The van der Waals surface area contributed by atoms with Gasteiger partial charge in [0, 0.05) is 24.8 Å². The van der Waals surface area contributed by atoms with Gasteiger partial charge in [0.25, 0.3) is 0 Å². The topological polar surface area (TPSA) is 41.6 Å². The highest BCUT2D eigenvalue weighted by atomic mass is 16.5. The van der Waals surface area contributed by atoms with Crippen LogP contribution in [0.1, 0.15) is 30.1 Å². The van der Waals surface area contributed by atoms with Crippen LogP contribution in [0.4, 0.5) is 5.69 Å². The Kier molecular flexibility index (Phi) is 4.80. The van der Waals surface area contributed by atoms with Crippen LogP contribution in [0.3, 0.4) is 0 Å². The van der Waals surface area contributed by atoms with Crippen LogP contribution in [0.2, 0.25) is 0 Å². The summed E-state index contributed by atoms with van der Waals surface area (Å²) in [5.74, 6) is -0.283. The van der Waals surface area contributed by atoms with Crippen molar-refractivity contribution in [3.05, 3.63) is 29.8 Å². The van der Waals surface area contributed by atoms with E-state index >= 15 is 0 Å². The zero-order valence-electron chi connectivity index (χ0n) is 11.7. The fourth-order valence-electron chi connectivity index (χ4n) is 2.42. The third-order valence-corrected chi connectivity index (χ3v) is 3.50. The van der Waals surface area contributed by atoms with E-state index in [1.165, 1.54) is 25.6 Å². The number of anilines is 1. The normalized spacial score (nSPS) is 20.5. The number of ether oxygens (including phenoxy) is 1. The van der Waals surface area contributed by atoms with Crippen LogP contribution in [0, 0.1) is 0 Å². The summed E-state index contributed by atoms with van der Waals surface area (Å²) >= 11 is 0. The standard InChI is InChI=1S/C15H22N2O2/c1-12-11-17(10-4-3-9-16-12)14-7-5-13(6-8-14)15(18)19-2/h5-8,12,16H,3-4,9-11H2,1-2H3. The molecule has 0 saturated carbocycles. The highest BCUT2D eigenvalue weighted by Gasteiger charge is 2.14. The lowest BCUT2D eigenvalue weighted by atomic mass is 10.1. The molecule has 1 aliphatic heterocycles. The molecule has 1 N–H and O–H groups in total.